The van der Waals surface area contributed by atoms with Gasteiger partial charge in [-0.3, -0.25) is 4.79 Å². The van der Waals surface area contributed by atoms with Gasteiger partial charge in [-0.15, -0.1) is 0 Å². The van der Waals surface area contributed by atoms with Crippen LogP contribution in [-0.4, -0.2) is 24.6 Å². The van der Waals surface area contributed by atoms with E-state index in [1.807, 2.05) is 32.0 Å². The number of rotatable bonds is 7. The summed E-state index contributed by atoms with van der Waals surface area (Å²) in [6.45, 7) is 8.32. The van der Waals surface area contributed by atoms with Crippen molar-refractivity contribution in [3.63, 3.8) is 0 Å². The van der Waals surface area contributed by atoms with E-state index in [1.165, 1.54) is 0 Å². The lowest BCUT2D eigenvalue weighted by atomic mass is 10.0. The molecule has 3 N–H and O–H groups in total. The van der Waals surface area contributed by atoms with Crippen molar-refractivity contribution < 1.29 is 9.53 Å². The van der Waals surface area contributed by atoms with Gasteiger partial charge in [0.15, 0.2) is 6.10 Å². The Morgan fingerprint density at radius 2 is 2.10 bits per heavy atom. The quantitative estimate of drug-likeness (QED) is 0.803. The van der Waals surface area contributed by atoms with Crippen LogP contribution >= 0.6 is 0 Å². The van der Waals surface area contributed by atoms with Crippen molar-refractivity contribution in [2.45, 2.75) is 52.7 Å². The number of ether oxygens (including phenoxy) is 1. The lowest BCUT2D eigenvalue weighted by Crippen LogP contribution is -2.36. The summed E-state index contributed by atoms with van der Waals surface area (Å²) in [7, 11) is 0. The summed E-state index contributed by atoms with van der Waals surface area (Å²) in [5.41, 5.74) is 8.12. The van der Waals surface area contributed by atoms with E-state index in [4.69, 9.17) is 10.5 Å². The van der Waals surface area contributed by atoms with Crippen molar-refractivity contribution in [2.24, 2.45) is 5.73 Å². The number of carbonyl (C=O) groups excluding carboxylic acids is 1. The molecule has 0 aliphatic heterocycles. The molecule has 20 heavy (non-hydrogen) atoms. The molecule has 0 fully saturated rings. The number of hydrogen-bond donors (Lipinski definition) is 2. The molecule has 0 saturated heterocycles. The molecule has 2 atom stereocenters. The van der Waals surface area contributed by atoms with Gasteiger partial charge in [0.25, 0.3) is 5.91 Å². The van der Waals surface area contributed by atoms with Crippen LogP contribution in [0.2, 0.25) is 0 Å². The Kier molecular flexibility index (Phi) is 6.52. The van der Waals surface area contributed by atoms with Gasteiger partial charge in [-0.1, -0.05) is 25.1 Å². The average molecular weight is 278 g/mol. The molecule has 112 valence electrons. The fraction of sp³-hybridized carbons (Fsp3) is 0.562. The third-order valence-electron chi connectivity index (χ3n) is 3.31. The number of nitrogens with two attached hydrogens (primary N) is 1. The van der Waals surface area contributed by atoms with Crippen LogP contribution in [0, 0.1) is 6.92 Å². The van der Waals surface area contributed by atoms with E-state index in [1.54, 1.807) is 6.92 Å². The maximum absolute atomic E-state index is 11.8. The zero-order valence-corrected chi connectivity index (χ0v) is 12.9. The van der Waals surface area contributed by atoms with Gasteiger partial charge < -0.3 is 15.8 Å². The van der Waals surface area contributed by atoms with Crippen molar-refractivity contribution in [1.29, 1.82) is 0 Å². The second-order valence-electron chi connectivity index (χ2n) is 5.09. The SMILES string of the molecule is CCNC(=O)C(C)Oc1c(C)cccc1CC(N)CC. The molecule has 0 saturated carbocycles. The molecule has 0 aliphatic rings. The number of likely N-dealkylation sites (N-methyl/N-ethyl adjacent to an activating group) is 1. The standard InChI is InChI=1S/C16H26N2O2/c1-5-14(17)10-13-9-7-8-11(3)15(13)20-12(4)16(19)18-6-2/h7-9,12,14H,5-6,10,17H2,1-4H3,(H,18,19). The Morgan fingerprint density at radius 3 is 2.70 bits per heavy atom. The molecule has 2 unspecified atom stereocenters. The van der Waals surface area contributed by atoms with E-state index in [9.17, 15) is 4.79 Å². The van der Waals surface area contributed by atoms with Gasteiger partial charge in [-0.05, 0) is 44.7 Å². The predicted octanol–water partition coefficient (Wildman–Crippen LogP) is 2.18. The molecule has 1 amide bonds. The molecule has 1 rings (SSSR count). The minimum atomic E-state index is -0.507. The Labute approximate surface area is 121 Å². The number of amides is 1. The molecule has 0 aliphatic carbocycles. The van der Waals surface area contributed by atoms with Gasteiger partial charge in [0.2, 0.25) is 0 Å². The first-order valence-corrected chi connectivity index (χ1v) is 7.28. The summed E-state index contributed by atoms with van der Waals surface area (Å²) >= 11 is 0. The lowest BCUT2D eigenvalue weighted by molar-refractivity contribution is -0.127. The van der Waals surface area contributed by atoms with Gasteiger partial charge in [0.05, 0.1) is 0 Å². The molecular formula is C16H26N2O2. The van der Waals surface area contributed by atoms with Crippen LogP contribution in [0.4, 0.5) is 0 Å². The number of benzene rings is 1. The summed E-state index contributed by atoms with van der Waals surface area (Å²) in [4.78, 5) is 11.8. The number of nitrogens with one attached hydrogen (secondary N) is 1. The minimum absolute atomic E-state index is 0.0958. The highest BCUT2D eigenvalue weighted by Gasteiger charge is 2.17. The van der Waals surface area contributed by atoms with Gasteiger partial charge in [-0.25, -0.2) is 0 Å². The van der Waals surface area contributed by atoms with E-state index in [2.05, 4.69) is 12.2 Å². The fourth-order valence-corrected chi connectivity index (χ4v) is 2.02. The summed E-state index contributed by atoms with van der Waals surface area (Å²) in [6.07, 6.45) is 1.17. The second-order valence-corrected chi connectivity index (χ2v) is 5.09. The van der Waals surface area contributed by atoms with Gasteiger partial charge >= 0.3 is 0 Å². The first kappa shape index (κ1) is 16.5. The fourth-order valence-electron chi connectivity index (χ4n) is 2.02. The number of para-hydroxylation sites is 1. The Hall–Kier alpha value is -1.55. The highest BCUT2D eigenvalue weighted by molar-refractivity contribution is 5.80. The maximum Gasteiger partial charge on any atom is 0.260 e. The van der Waals surface area contributed by atoms with E-state index in [-0.39, 0.29) is 11.9 Å². The summed E-state index contributed by atoms with van der Waals surface area (Å²) < 4.78 is 5.87. The van der Waals surface area contributed by atoms with Gasteiger partial charge in [0, 0.05) is 12.6 Å². The minimum Gasteiger partial charge on any atom is -0.480 e. The first-order valence-electron chi connectivity index (χ1n) is 7.28. The smallest absolute Gasteiger partial charge is 0.260 e. The first-order chi connectivity index (χ1) is 9.49. The zero-order valence-electron chi connectivity index (χ0n) is 12.9. The highest BCUT2D eigenvalue weighted by atomic mass is 16.5. The molecule has 4 nitrogen and oxygen atoms in total. The van der Waals surface area contributed by atoms with Crippen LogP contribution in [0.15, 0.2) is 18.2 Å². The molecule has 1 aromatic rings. The molecule has 0 aromatic heterocycles. The monoisotopic (exact) mass is 278 g/mol. The van der Waals surface area contributed by atoms with Crippen LogP contribution in [0.3, 0.4) is 0 Å². The summed E-state index contributed by atoms with van der Waals surface area (Å²) in [5.74, 6) is 0.691. The third-order valence-corrected chi connectivity index (χ3v) is 3.31. The van der Waals surface area contributed by atoms with Crippen LogP contribution in [0.5, 0.6) is 5.75 Å². The summed E-state index contributed by atoms with van der Waals surface area (Å²) in [5, 5.41) is 2.77. The van der Waals surface area contributed by atoms with E-state index < -0.39 is 6.10 Å². The van der Waals surface area contributed by atoms with Gasteiger partial charge in [-0.2, -0.15) is 0 Å². The van der Waals surface area contributed by atoms with Crippen molar-refractivity contribution in [2.75, 3.05) is 6.54 Å². The third kappa shape index (κ3) is 4.53. The van der Waals surface area contributed by atoms with Crippen LogP contribution in [0.1, 0.15) is 38.3 Å². The topological polar surface area (TPSA) is 64.3 Å². The summed E-state index contributed by atoms with van der Waals surface area (Å²) in [6, 6.07) is 6.11. The van der Waals surface area contributed by atoms with Crippen molar-refractivity contribution >= 4 is 5.91 Å². The van der Waals surface area contributed by atoms with E-state index in [0.29, 0.717) is 6.54 Å². The Balaban J connectivity index is 2.89. The van der Waals surface area contributed by atoms with E-state index >= 15 is 0 Å². The zero-order chi connectivity index (χ0) is 15.1. The molecule has 0 radical (unpaired) electrons. The molecule has 0 heterocycles. The molecule has 1 aromatic carbocycles. The van der Waals surface area contributed by atoms with Crippen molar-refractivity contribution in [1.82, 2.24) is 5.32 Å². The van der Waals surface area contributed by atoms with E-state index in [0.717, 1.165) is 29.7 Å². The van der Waals surface area contributed by atoms with Crippen molar-refractivity contribution in [3.8, 4) is 5.75 Å². The average Bonchev–Trinajstić information content (AvgIpc) is 2.42. The number of hydrogen-bond acceptors (Lipinski definition) is 3. The molecular weight excluding hydrogens is 252 g/mol. The maximum atomic E-state index is 11.8. The Morgan fingerprint density at radius 1 is 1.40 bits per heavy atom. The predicted molar refractivity (Wildman–Crippen MR) is 81.9 cm³/mol. The largest absolute Gasteiger partial charge is 0.480 e. The molecule has 0 spiro atoms. The Bertz CT molecular complexity index is 446. The number of carbonyl (C=O) groups is 1. The molecule has 0 bridgehead atoms. The van der Waals surface area contributed by atoms with Crippen LogP contribution in [0.25, 0.3) is 0 Å². The second kappa shape index (κ2) is 7.90. The highest BCUT2D eigenvalue weighted by Crippen LogP contribution is 2.26. The van der Waals surface area contributed by atoms with Crippen molar-refractivity contribution in [3.05, 3.63) is 29.3 Å². The van der Waals surface area contributed by atoms with Crippen LogP contribution in [-0.2, 0) is 11.2 Å². The normalized spacial score (nSPS) is 13.7. The molecule has 4 heteroatoms. The number of aryl methyl sites for hydroxylation is 1. The van der Waals surface area contributed by atoms with Gasteiger partial charge in [0.1, 0.15) is 5.75 Å². The lowest BCUT2D eigenvalue weighted by Gasteiger charge is -2.20. The van der Waals surface area contributed by atoms with Crippen LogP contribution < -0.4 is 15.8 Å².